The van der Waals surface area contributed by atoms with E-state index in [0.29, 0.717) is 21.4 Å². The molecule has 0 bridgehead atoms. The van der Waals surface area contributed by atoms with Gasteiger partial charge in [0.05, 0.1) is 6.54 Å². The standard InChI is InChI=1S/C13H14FN3OS2/c1-3-19-13-16-12(20-17-13)15-7-11(18)9-5-4-8(2)10(14)6-9/h4-6H,3,7H2,1-2H3,(H,15,16,17). The minimum atomic E-state index is -0.367. The summed E-state index contributed by atoms with van der Waals surface area (Å²) in [5, 5.41) is 4.22. The Morgan fingerprint density at radius 2 is 2.30 bits per heavy atom. The first-order valence-electron chi connectivity index (χ1n) is 6.10. The van der Waals surface area contributed by atoms with Crippen LogP contribution in [0.5, 0.6) is 0 Å². The molecule has 1 N–H and O–H groups in total. The molecule has 0 amide bonds. The molecule has 106 valence electrons. The van der Waals surface area contributed by atoms with Crippen molar-refractivity contribution in [3.8, 4) is 0 Å². The Morgan fingerprint density at radius 3 is 3.00 bits per heavy atom. The Kier molecular flexibility index (Phi) is 5.08. The number of nitrogens with zero attached hydrogens (tertiary/aromatic N) is 2. The predicted molar refractivity (Wildman–Crippen MR) is 80.3 cm³/mol. The van der Waals surface area contributed by atoms with E-state index in [-0.39, 0.29) is 18.1 Å². The van der Waals surface area contributed by atoms with Gasteiger partial charge in [0.2, 0.25) is 10.3 Å². The maximum atomic E-state index is 13.4. The average Bonchev–Trinajstić information content (AvgIpc) is 2.87. The Morgan fingerprint density at radius 1 is 1.50 bits per heavy atom. The Labute approximate surface area is 125 Å². The number of ketones is 1. The second-order valence-electron chi connectivity index (χ2n) is 4.06. The summed E-state index contributed by atoms with van der Waals surface area (Å²) in [6.07, 6.45) is 0. The first kappa shape index (κ1) is 14.9. The minimum absolute atomic E-state index is 0.0773. The van der Waals surface area contributed by atoms with Crippen molar-refractivity contribution in [1.29, 1.82) is 0 Å². The maximum absolute atomic E-state index is 13.4. The quantitative estimate of drug-likeness (QED) is 0.654. The molecule has 1 aromatic carbocycles. The molecule has 0 aliphatic rings. The summed E-state index contributed by atoms with van der Waals surface area (Å²) < 4.78 is 17.5. The number of nitrogens with one attached hydrogen (secondary N) is 1. The van der Waals surface area contributed by atoms with Gasteiger partial charge in [0.25, 0.3) is 0 Å². The highest BCUT2D eigenvalue weighted by Crippen LogP contribution is 2.19. The largest absolute Gasteiger partial charge is 0.353 e. The van der Waals surface area contributed by atoms with E-state index in [1.807, 2.05) is 6.92 Å². The number of benzene rings is 1. The van der Waals surface area contributed by atoms with E-state index in [1.54, 1.807) is 30.8 Å². The lowest BCUT2D eigenvalue weighted by Gasteiger charge is -2.03. The van der Waals surface area contributed by atoms with Gasteiger partial charge in [-0.1, -0.05) is 30.8 Å². The zero-order valence-electron chi connectivity index (χ0n) is 11.1. The lowest BCUT2D eigenvalue weighted by molar-refractivity contribution is 0.101. The molecule has 2 aromatic rings. The molecule has 0 saturated carbocycles. The van der Waals surface area contributed by atoms with Gasteiger partial charge in [0.1, 0.15) is 5.82 Å². The Hall–Kier alpha value is -1.47. The van der Waals surface area contributed by atoms with Gasteiger partial charge < -0.3 is 5.32 Å². The second-order valence-corrected chi connectivity index (χ2v) is 6.04. The number of Topliss-reactive ketones (excluding diaryl/α,β-unsaturated/α-hetero) is 1. The summed E-state index contributed by atoms with van der Waals surface area (Å²) in [5.74, 6) is 0.356. The molecule has 0 unspecified atom stereocenters. The van der Waals surface area contributed by atoms with Gasteiger partial charge in [-0.3, -0.25) is 4.79 Å². The number of aryl methyl sites for hydroxylation is 1. The van der Waals surface area contributed by atoms with Crippen LogP contribution in [-0.4, -0.2) is 27.4 Å². The number of carbonyl (C=O) groups excluding carboxylic acids is 1. The predicted octanol–water partition coefficient (Wildman–Crippen LogP) is 3.39. The molecule has 1 heterocycles. The van der Waals surface area contributed by atoms with Crippen LogP contribution < -0.4 is 5.32 Å². The van der Waals surface area contributed by atoms with Gasteiger partial charge in [0.15, 0.2) is 5.78 Å². The molecule has 2 rings (SSSR count). The highest BCUT2D eigenvalue weighted by Gasteiger charge is 2.10. The van der Waals surface area contributed by atoms with Crippen molar-refractivity contribution in [2.45, 2.75) is 19.0 Å². The van der Waals surface area contributed by atoms with Crippen molar-refractivity contribution in [3.63, 3.8) is 0 Å². The Balaban J connectivity index is 1.95. The molecule has 7 heteroatoms. The normalized spacial score (nSPS) is 10.6. The summed E-state index contributed by atoms with van der Waals surface area (Å²) in [7, 11) is 0. The van der Waals surface area contributed by atoms with Crippen LogP contribution in [0.2, 0.25) is 0 Å². The summed E-state index contributed by atoms with van der Waals surface area (Å²) in [6, 6.07) is 4.49. The van der Waals surface area contributed by atoms with Crippen molar-refractivity contribution in [1.82, 2.24) is 9.36 Å². The number of rotatable bonds is 6. The van der Waals surface area contributed by atoms with Gasteiger partial charge in [0, 0.05) is 17.1 Å². The molecule has 1 aromatic heterocycles. The van der Waals surface area contributed by atoms with Crippen LogP contribution in [0.1, 0.15) is 22.8 Å². The number of aromatic nitrogens is 2. The van der Waals surface area contributed by atoms with Gasteiger partial charge in [-0.2, -0.15) is 9.36 Å². The molecule has 20 heavy (non-hydrogen) atoms. The van der Waals surface area contributed by atoms with Gasteiger partial charge in [-0.15, -0.1) is 0 Å². The van der Waals surface area contributed by atoms with Crippen molar-refractivity contribution in [2.75, 3.05) is 17.6 Å². The fraction of sp³-hybridized carbons (Fsp3) is 0.308. The number of hydrogen-bond donors (Lipinski definition) is 1. The summed E-state index contributed by atoms with van der Waals surface area (Å²) in [6.45, 7) is 3.76. The van der Waals surface area contributed by atoms with Crippen LogP contribution >= 0.6 is 23.3 Å². The van der Waals surface area contributed by atoms with E-state index >= 15 is 0 Å². The third-order valence-electron chi connectivity index (χ3n) is 2.57. The number of halogens is 1. The van der Waals surface area contributed by atoms with Crippen molar-refractivity contribution < 1.29 is 9.18 Å². The third-order valence-corrected chi connectivity index (χ3v) is 4.09. The lowest BCUT2D eigenvalue weighted by Crippen LogP contribution is -2.14. The fourth-order valence-corrected chi connectivity index (χ4v) is 2.76. The van der Waals surface area contributed by atoms with Gasteiger partial charge >= 0.3 is 0 Å². The van der Waals surface area contributed by atoms with E-state index in [1.165, 1.54) is 17.6 Å². The molecule has 0 aliphatic carbocycles. The van der Waals surface area contributed by atoms with Crippen molar-refractivity contribution in [2.24, 2.45) is 0 Å². The van der Waals surface area contributed by atoms with Crippen LogP contribution in [0, 0.1) is 12.7 Å². The Bertz CT molecular complexity index is 615. The van der Waals surface area contributed by atoms with E-state index < -0.39 is 0 Å². The van der Waals surface area contributed by atoms with E-state index in [9.17, 15) is 9.18 Å². The molecular weight excluding hydrogens is 297 g/mol. The topological polar surface area (TPSA) is 54.9 Å². The SMILES string of the molecule is CCSc1nsc(NCC(=O)c2ccc(C)c(F)c2)n1. The summed E-state index contributed by atoms with van der Waals surface area (Å²) >= 11 is 2.76. The zero-order chi connectivity index (χ0) is 14.5. The van der Waals surface area contributed by atoms with Crippen LogP contribution in [0.25, 0.3) is 0 Å². The summed E-state index contributed by atoms with van der Waals surface area (Å²) in [4.78, 5) is 16.2. The number of thioether (sulfide) groups is 1. The first-order valence-corrected chi connectivity index (χ1v) is 7.85. The second kappa shape index (κ2) is 6.81. The molecule has 0 saturated heterocycles. The van der Waals surface area contributed by atoms with Crippen LogP contribution in [-0.2, 0) is 0 Å². The van der Waals surface area contributed by atoms with Gasteiger partial charge in [-0.25, -0.2) is 4.39 Å². The molecule has 0 fully saturated rings. The number of hydrogen-bond acceptors (Lipinski definition) is 6. The van der Waals surface area contributed by atoms with Crippen molar-refractivity contribution in [3.05, 3.63) is 35.1 Å². The van der Waals surface area contributed by atoms with E-state index in [0.717, 1.165) is 5.75 Å². The van der Waals surface area contributed by atoms with Gasteiger partial charge in [-0.05, 0) is 24.3 Å². The highest BCUT2D eigenvalue weighted by molar-refractivity contribution is 7.99. The molecule has 0 spiro atoms. The van der Waals surface area contributed by atoms with Crippen molar-refractivity contribution >= 4 is 34.2 Å². The smallest absolute Gasteiger partial charge is 0.203 e. The third kappa shape index (κ3) is 3.77. The zero-order valence-corrected chi connectivity index (χ0v) is 12.8. The van der Waals surface area contributed by atoms with Crippen LogP contribution in [0.4, 0.5) is 9.52 Å². The number of carbonyl (C=O) groups is 1. The van der Waals surface area contributed by atoms with Crippen LogP contribution in [0.3, 0.4) is 0 Å². The molecule has 4 nitrogen and oxygen atoms in total. The monoisotopic (exact) mass is 311 g/mol. The molecular formula is C13H14FN3OS2. The molecule has 0 radical (unpaired) electrons. The maximum Gasteiger partial charge on any atom is 0.203 e. The average molecular weight is 311 g/mol. The molecule has 0 atom stereocenters. The van der Waals surface area contributed by atoms with Crippen LogP contribution in [0.15, 0.2) is 23.4 Å². The van der Waals surface area contributed by atoms with E-state index in [4.69, 9.17) is 0 Å². The van der Waals surface area contributed by atoms with E-state index in [2.05, 4.69) is 14.7 Å². The fourth-order valence-electron chi connectivity index (χ4n) is 1.49. The summed E-state index contributed by atoms with van der Waals surface area (Å²) in [5.41, 5.74) is 0.883. The number of anilines is 1. The molecule has 0 aliphatic heterocycles. The first-order chi connectivity index (χ1) is 9.60. The minimum Gasteiger partial charge on any atom is -0.353 e. The lowest BCUT2D eigenvalue weighted by atomic mass is 10.1. The highest BCUT2D eigenvalue weighted by atomic mass is 32.2.